The van der Waals surface area contributed by atoms with Gasteiger partial charge in [0.1, 0.15) is 5.82 Å². The Kier molecular flexibility index (Phi) is 5.15. The molecule has 0 heterocycles. The van der Waals surface area contributed by atoms with Gasteiger partial charge in [-0.05, 0) is 64.8 Å². The maximum absolute atomic E-state index is 13.1. The SMILES string of the molecule is OCC1CCCC1CNCc1ccc(F)c(Br)c1. The van der Waals surface area contributed by atoms with E-state index in [1.807, 2.05) is 0 Å². The molecule has 0 bridgehead atoms. The number of aliphatic hydroxyl groups excluding tert-OH is 1. The number of nitrogens with one attached hydrogen (secondary N) is 1. The fourth-order valence-electron chi connectivity index (χ4n) is 2.67. The highest BCUT2D eigenvalue weighted by Crippen LogP contribution is 2.30. The molecule has 0 amide bonds. The second kappa shape index (κ2) is 6.64. The number of aliphatic hydroxyl groups is 1. The van der Waals surface area contributed by atoms with Crippen molar-refractivity contribution in [2.45, 2.75) is 25.8 Å². The Morgan fingerprint density at radius 1 is 1.33 bits per heavy atom. The van der Waals surface area contributed by atoms with Crippen molar-refractivity contribution in [1.29, 1.82) is 0 Å². The summed E-state index contributed by atoms with van der Waals surface area (Å²) in [5, 5.41) is 12.6. The second-order valence-corrected chi connectivity index (χ2v) is 5.87. The van der Waals surface area contributed by atoms with Gasteiger partial charge in [-0.3, -0.25) is 0 Å². The summed E-state index contributed by atoms with van der Waals surface area (Å²) in [6.07, 6.45) is 3.57. The Morgan fingerprint density at radius 3 is 2.83 bits per heavy atom. The molecule has 2 nitrogen and oxygen atoms in total. The van der Waals surface area contributed by atoms with Crippen molar-refractivity contribution < 1.29 is 9.50 Å². The molecule has 0 aliphatic heterocycles. The molecule has 1 aromatic rings. The van der Waals surface area contributed by atoms with Crippen LogP contribution in [0.1, 0.15) is 24.8 Å². The van der Waals surface area contributed by atoms with Crippen molar-refractivity contribution in [2.75, 3.05) is 13.2 Å². The first-order valence-corrected chi connectivity index (χ1v) is 7.25. The highest BCUT2D eigenvalue weighted by Gasteiger charge is 2.25. The lowest BCUT2D eigenvalue weighted by atomic mass is 9.97. The van der Waals surface area contributed by atoms with E-state index in [2.05, 4.69) is 21.2 Å². The molecule has 1 aromatic carbocycles. The van der Waals surface area contributed by atoms with E-state index in [-0.39, 0.29) is 5.82 Å². The molecule has 2 rings (SSSR count). The van der Waals surface area contributed by atoms with Gasteiger partial charge in [-0.1, -0.05) is 12.5 Å². The quantitative estimate of drug-likeness (QED) is 0.875. The summed E-state index contributed by atoms with van der Waals surface area (Å²) in [5.41, 5.74) is 1.07. The first kappa shape index (κ1) is 14.0. The molecule has 0 aromatic heterocycles. The third-order valence-corrected chi connectivity index (χ3v) is 4.38. The molecule has 2 N–H and O–H groups in total. The Morgan fingerprint density at radius 2 is 2.11 bits per heavy atom. The maximum atomic E-state index is 13.1. The van der Waals surface area contributed by atoms with Crippen LogP contribution < -0.4 is 5.32 Å². The molecular formula is C14H19BrFNO. The van der Waals surface area contributed by atoms with E-state index in [9.17, 15) is 9.50 Å². The first-order chi connectivity index (χ1) is 8.70. The van der Waals surface area contributed by atoms with Crippen LogP contribution in [0.2, 0.25) is 0 Å². The number of benzene rings is 1. The molecule has 1 saturated carbocycles. The minimum Gasteiger partial charge on any atom is -0.396 e. The Hall–Kier alpha value is -0.450. The molecule has 0 saturated heterocycles. The lowest BCUT2D eigenvalue weighted by molar-refractivity contribution is 0.192. The van der Waals surface area contributed by atoms with Crippen molar-refractivity contribution in [3.8, 4) is 0 Å². The van der Waals surface area contributed by atoms with Gasteiger partial charge < -0.3 is 10.4 Å². The third kappa shape index (κ3) is 3.53. The zero-order valence-corrected chi connectivity index (χ0v) is 11.9. The fourth-order valence-corrected chi connectivity index (χ4v) is 3.10. The van der Waals surface area contributed by atoms with E-state index >= 15 is 0 Å². The van der Waals surface area contributed by atoms with Crippen LogP contribution in [0.5, 0.6) is 0 Å². The van der Waals surface area contributed by atoms with E-state index in [1.165, 1.54) is 18.9 Å². The Labute approximate surface area is 116 Å². The van der Waals surface area contributed by atoms with Crippen LogP contribution >= 0.6 is 15.9 Å². The normalized spacial score (nSPS) is 23.5. The predicted molar refractivity (Wildman–Crippen MR) is 73.7 cm³/mol. The maximum Gasteiger partial charge on any atom is 0.137 e. The molecule has 2 atom stereocenters. The fraction of sp³-hybridized carbons (Fsp3) is 0.571. The van der Waals surface area contributed by atoms with Crippen LogP contribution in [0.15, 0.2) is 22.7 Å². The van der Waals surface area contributed by atoms with Crippen molar-refractivity contribution in [1.82, 2.24) is 5.32 Å². The van der Waals surface area contributed by atoms with E-state index < -0.39 is 0 Å². The minimum atomic E-state index is -0.227. The minimum absolute atomic E-state index is 0.227. The first-order valence-electron chi connectivity index (χ1n) is 6.46. The van der Waals surface area contributed by atoms with Crippen LogP contribution in [-0.2, 0) is 6.54 Å². The molecule has 1 aliphatic rings. The topological polar surface area (TPSA) is 32.3 Å². The largest absolute Gasteiger partial charge is 0.396 e. The molecule has 4 heteroatoms. The van der Waals surface area contributed by atoms with E-state index in [0.29, 0.717) is 22.9 Å². The van der Waals surface area contributed by atoms with Gasteiger partial charge in [0.25, 0.3) is 0 Å². The summed E-state index contributed by atoms with van der Waals surface area (Å²) < 4.78 is 13.6. The molecule has 0 spiro atoms. The zero-order valence-electron chi connectivity index (χ0n) is 10.3. The molecule has 18 heavy (non-hydrogen) atoms. The van der Waals surface area contributed by atoms with Gasteiger partial charge in [-0.15, -0.1) is 0 Å². The zero-order chi connectivity index (χ0) is 13.0. The second-order valence-electron chi connectivity index (χ2n) is 5.01. The van der Waals surface area contributed by atoms with E-state index in [1.54, 1.807) is 12.1 Å². The molecular weight excluding hydrogens is 297 g/mol. The lowest BCUT2D eigenvalue weighted by Crippen LogP contribution is -2.26. The molecule has 100 valence electrons. The van der Waals surface area contributed by atoms with Crippen molar-refractivity contribution in [3.05, 3.63) is 34.1 Å². The van der Waals surface area contributed by atoms with Gasteiger partial charge in [0, 0.05) is 13.2 Å². The molecule has 2 unspecified atom stereocenters. The average Bonchev–Trinajstić information content (AvgIpc) is 2.81. The average molecular weight is 316 g/mol. The van der Waals surface area contributed by atoms with Crippen molar-refractivity contribution in [2.24, 2.45) is 11.8 Å². The van der Waals surface area contributed by atoms with Crippen molar-refractivity contribution in [3.63, 3.8) is 0 Å². The summed E-state index contributed by atoms with van der Waals surface area (Å²) in [5.74, 6) is 0.811. The molecule has 1 aliphatic carbocycles. The van der Waals surface area contributed by atoms with Gasteiger partial charge >= 0.3 is 0 Å². The summed E-state index contributed by atoms with van der Waals surface area (Å²) in [6.45, 7) is 1.97. The van der Waals surface area contributed by atoms with Gasteiger partial charge in [0.05, 0.1) is 4.47 Å². The number of halogens is 2. The Bertz CT molecular complexity index is 399. The highest BCUT2D eigenvalue weighted by atomic mass is 79.9. The molecule has 0 radical (unpaired) electrons. The van der Waals surface area contributed by atoms with Crippen LogP contribution in [0.4, 0.5) is 4.39 Å². The van der Waals surface area contributed by atoms with Gasteiger partial charge in [-0.25, -0.2) is 4.39 Å². The van der Waals surface area contributed by atoms with E-state index in [0.717, 1.165) is 25.1 Å². The van der Waals surface area contributed by atoms with Crippen LogP contribution in [-0.4, -0.2) is 18.3 Å². The third-order valence-electron chi connectivity index (χ3n) is 3.77. The Balaban J connectivity index is 1.79. The van der Waals surface area contributed by atoms with Crippen LogP contribution in [0.3, 0.4) is 0 Å². The predicted octanol–water partition coefficient (Wildman–Crippen LogP) is 3.09. The molecule has 1 fully saturated rings. The number of hydrogen-bond acceptors (Lipinski definition) is 2. The summed E-state index contributed by atoms with van der Waals surface area (Å²) in [7, 11) is 0. The monoisotopic (exact) mass is 315 g/mol. The summed E-state index contributed by atoms with van der Waals surface area (Å²) >= 11 is 3.19. The number of hydrogen-bond donors (Lipinski definition) is 2. The standard InChI is InChI=1S/C14H19BrFNO/c15-13-6-10(4-5-14(13)16)7-17-8-11-2-1-3-12(11)9-18/h4-6,11-12,17-18H,1-3,7-9H2. The van der Waals surface area contributed by atoms with Gasteiger partial charge in [-0.2, -0.15) is 0 Å². The van der Waals surface area contributed by atoms with Gasteiger partial charge in [0.15, 0.2) is 0 Å². The highest BCUT2D eigenvalue weighted by molar-refractivity contribution is 9.10. The van der Waals surface area contributed by atoms with Crippen LogP contribution in [0, 0.1) is 17.7 Å². The summed E-state index contributed by atoms with van der Waals surface area (Å²) in [4.78, 5) is 0. The van der Waals surface area contributed by atoms with E-state index in [4.69, 9.17) is 0 Å². The number of rotatable bonds is 5. The lowest BCUT2D eigenvalue weighted by Gasteiger charge is -2.17. The van der Waals surface area contributed by atoms with Crippen molar-refractivity contribution >= 4 is 15.9 Å². The van der Waals surface area contributed by atoms with Gasteiger partial charge in [0.2, 0.25) is 0 Å². The van der Waals surface area contributed by atoms with Crippen LogP contribution in [0.25, 0.3) is 0 Å². The summed E-state index contributed by atoms with van der Waals surface area (Å²) in [6, 6.07) is 5.08. The smallest absolute Gasteiger partial charge is 0.137 e.